The summed E-state index contributed by atoms with van der Waals surface area (Å²) in [5.41, 5.74) is 0.438. The van der Waals surface area contributed by atoms with E-state index in [0.29, 0.717) is 5.52 Å². The van der Waals surface area contributed by atoms with E-state index in [2.05, 4.69) is 15.5 Å². The first-order valence-electron chi connectivity index (χ1n) is 5.94. The third kappa shape index (κ3) is 2.33. The van der Waals surface area contributed by atoms with Crippen molar-refractivity contribution < 1.29 is 18.0 Å². The molecule has 0 aliphatic carbocycles. The summed E-state index contributed by atoms with van der Waals surface area (Å²) in [5, 5.41) is 9.51. The van der Waals surface area contributed by atoms with Gasteiger partial charge in [0.25, 0.3) is 5.91 Å². The summed E-state index contributed by atoms with van der Waals surface area (Å²) in [6, 6.07) is 6.41. The van der Waals surface area contributed by atoms with E-state index in [1.54, 1.807) is 12.3 Å². The Kier molecular flexibility index (Phi) is 3.09. The van der Waals surface area contributed by atoms with E-state index in [1.807, 2.05) is 0 Å². The fourth-order valence-electron chi connectivity index (χ4n) is 1.90. The van der Waals surface area contributed by atoms with E-state index in [-0.39, 0.29) is 5.56 Å². The van der Waals surface area contributed by atoms with Crippen LogP contribution in [0.4, 0.5) is 18.9 Å². The first-order valence-corrected chi connectivity index (χ1v) is 5.94. The number of aromatic amines is 1. The fraction of sp³-hybridized carbons (Fsp3) is 0. The Balaban J connectivity index is 1.91. The van der Waals surface area contributed by atoms with Gasteiger partial charge in [0.15, 0.2) is 17.5 Å². The zero-order chi connectivity index (χ0) is 15.0. The SMILES string of the molecule is O=C(Nc1ccc(F)c(F)c1F)c1ccc2cn[nH]c2c1. The molecule has 3 aromatic rings. The third-order valence-corrected chi connectivity index (χ3v) is 2.99. The molecule has 0 unspecified atom stereocenters. The van der Waals surface area contributed by atoms with Gasteiger partial charge in [-0.1, -0.05) is 6.07 Å². The van der Waals surface area contributed by atoms with Crippen LogP contribution in [0, 0.1) is 17.5 Å². The molecule has 7 heteroatoms. The number of nitrogens with one attached hydrogen (secondary N) is 2. The molecule has 0 fully saturated rings. The minimum atomic E-state index is -1.63. The summed E-state index contributed by atoms with van der Waals surface area (Å²) >= 11 is 0. The lowest BCUT2D eigenvalue weighted by Gasteiger charge is -2.07. The second-order valence-electron chi connectivity index (χ2n) is 4.35. The van der Waals surface area contributed by atoms with E-state index in [9.17, 15) is 18.0 Å². The molecule has 2 aromatic carbocycles. The highest BCUT2D eigenvalue weighted by molar-refractivity contribution is 6.06. The minimum Gasteiger partial charge on any atom is -0.319 e. The monoisotopic (exact) mass is 291 g/mol. The Hall–Kier alpha value is -2.83. The maximum absolute atomic E-state index is 13.5. The number of fused-ring (bicyclic) bond motifs is 1. The number of carbonyl (C=O) groups excluding carboxylic acids is 1. The van der Waals surface area contributed by atoms with Crippen LogP contribution >= 0.6 is 0 Å². The van der Waals surface area contributed by atoms with Crippen LogP contribution in [-0.2, 0) is 0 Å². The molecule has 0 bridgehead atoms. The second kappa shape index (κ2) is 4.93. The van der Waals surface area contributed by atoms with Gasteiger partial charge in [0.05, 0.1) is 17.4 Å². The van der Waals surface area contributed by atoms with Gasteiger partial charge in [0, 0.05) is 10.9 Å². The molecule has 0 aliphatic heterocycles. The van der Waals surface area contributed by atoms with Crippen molar-refractivity contribution in [3.8, 4) is 0 Å². The van der Waals surface area contributed by atoms with Gasteiger partial charge in [-0.25, -0.2) is 13.2 Å². The summed E-state index contributed by atoms with van der Waals surface area (Å²) in [5.74, 6) is -5.02. The smallest absolute Gasteiger partial charge is 0.255 e. The number of amides is 1. The average Bonchev–Trinajstić information content (AvgIpc) is 2.95. The van der Waals surface area contributed by atoms with E-state index in [0.717, 1.165) is 17.5 Å². The minimum absolute atomic E-state index is 0.232. The van der Waals surface area contributed by atoms with Crippen molar-refractivity contribution in [1.29, 1.82) is 0 Å². The highest BCUT2D eigenvalue weighted by atomic mass is 19.2. The molecule has 21 heavy (non-hydrogen) atoms. The van der Waals surface area contributed by atoms with Crippen molar-refractivity contribution in [2.75, 3.05) is 5.32 Å². The molecule has 0 spiro atoms. The van der Waals surface area contributed by atoms with Gasteiger partial charge in [0.1, 0.15) is 0 Å². The predicted octanol–water partition coefficient (Wildman–Crippen LogP) is 3.23. The number of hydrogen-bond acceptors (Lipinski definition) is 2. The Labute approximate surface area is 116 Å². The van der Waals surface area contributed by atoms with Gasteiger partial charge in [0.2, 0.25) is 0 Å². The third-order valence-electron chi connectivity index (χ3n) is 2.99. The Morgan fingerprint density at radius 1 is 1.10 bits per heavy atom. The van der Waals surface area contributed by atoms with Crippen molar-refractivity contribution >= 4 is 22.5 Å². The highest BCUT2D eigenvalue weighted by Gasteiger charge is 2.16. The molecule has 0 aliphatic rings. The molecule has 4 nitrogen and oxygen atoms in total. The van der Waals surface area contributed by atoms with Gasteiger partial charge < -0.3 is 5.32 Å². The molecule has 1 amide bonds. The average molecular weight is 291 g/mol. The molecule has 0 atom stereocenters. The zero-order valence-electron chi connectivity index (χ0n) is 10.5. The van der Waals surface area contributed by atoms with Gasteiger partial charge >= 0.3 is 0 Å². The summed E-state index contributed by atoms with van der Waals surface area (Å²) in [7, 11) is 0. The number of carbonyl (C=O) groups is 1. The van der Waals surface area contributed by atoms with E-state index in [1.165, 1.54) is 12.1 Å². The molecule has 1 aromatic heterocycles. The van der Waals surface area contributed by atoms with E-state index < -0.39 is 29.0 Å². The van der Waals surface area contributed by atoms with Crippen LogP contribution in [-0.4, -0.2) is 16.1 Å². The van der Waals surface area contributed by atoms with Crippen LogP contribution in [0.25, 0.3) is 10.9 Å². The zero-order valence-corrected chi connectivity index (χ0v) is 10.5. The van der Waals surface area contributed by atoms with Gasteiger partial charge in [-0.2, -0.15) is 5.10 Å². The number of halogens is 3. The van der Waals surface area contributed by atoms with Gasteiger partial charge in [-0.15, -0.1) is 0 Å². The van der Waals surface area contributed by atoms with Crippen molar-refractivity contribution in [3.05, 3.63) is 59.5 Å². The van der Waals surface area contributed by atoms with Crippen molar-refractivity contribution in [2.24, 2.45) is 0 Å². The largest absolute Gasteiger partial charge is 0.319 e. The van der Waals surface area contributed by atoms with Crippen molar-refractivity contribution in [2.45, 2.75) is 0 Å². The number of hydrogen-bond donors (Lipinski definition) is 2. The molecule has 0 saturated heterocycles. The topological polar surface area (TPSA) is 57.8 Å². The number of nitrogens with zero attached hydrogens (tertiary/aromatic N) is 1. The predicted molar refractivity (Wildman–Crippen MR) is 70.4 cm³/mol. The fourth-order valence-corrected chi connectivity index (χ4v) is 1.90. The molecular formula is C14H8F3N3O. The summed E-state index contributed by atoms with van der Waals surface area (Å²) in [4.78, 5) is 12.0. The van der Waals surface area contributed by atoms with E-state index >= 15 is 0 Å². The van der Waals surface area contributed by atoms with Crippen LogP contribution in [0.15, 0.2) is 36.5 Å². The molecule has 0 saturated carbocycles. The lowest BCUT2D eigenvalue weighted by molar-refractivity contribution is 0.102. The van der Waals surface area contributed by atoms with Crippen molar-refractivity contribution in [1.82, 2.24) is 10.2 Å². The van der Waals surface area contributed by atoms with Crippen LogP contribution in [0.2, 0.25) is 0 Å². The summed E-state index contributed by atoms with van der Waals surface area (Å²) in [6.07, 6.45) is 1.59. The molecule has 3 rings (SSSR count). The Morgan fingerprint density at radius 3 is 2.71 bits per heavy atom. The lowest BCUT2D eigenvalue weighted by atomic mass is 10.1. The summed E-state index contributed by atoms with van der Waals surface area (Å²) in [6.45, 7) is 0. The standard InChI is InChI=1S/C14H8F3N3O/c15-9-3-4-10(13(17)12(9)16)19-14(21)7-1-2-8-6-18-20-11(8)5-7/h1-6H,(H,18,20)(H,19,21). The number of aromatic nitrogens is 2. The Bertz CT molecular complexity index is 845. The molecule has 106 valence electrons. The molecule has 1 heterocycles. The number of H-pyrrole nitrogens is 1. The van der Waals surface area contributed by atoms with Crippen LogP contribution in [0.1, 0.15) is 10.4 Å². The van der Waals surface area contributed by atoms with Crippen molar-refractivity contribution in [3.63, 3.8) is 0 Å². The number of anilines is 1. The highest BCUT2D eigenvalue weighted by Crippen LogP contribution is 2.21. The first-order chi connectivity index (χ1) is 10.1. The van der Waals surface area contributed by atoms with Gasteiger partial charge in [-0.05, 0) is 24.3 Å². The maximum atomic E-state index is 13.5. The lowest BCUT2D eigenvalue weighted by Crippen LogP contribution is -2.13. The van der Waals surface area contributed by atoms with Crippen LogP contribution in [0.5, 0.6) is 0 Å². The number of rotatable bonds is 2. The maximum Gasteiger partial charge on any atom is 0.255 e. The molecular weight excluding hydrogens is 283 g/mol. The quantitative estimate of drug-likeness (QED) is 0.712. The van der Waals surface area contributed by atoms with Crippen LogP contribution in [0.3, 0.4) is 0 Å². The second-order valence-corrected chi connectivity index (χ2v) is 4.35. The molecule has 2 N–H and O–H groups in total. The molecule has 0 radical (unpaired) electrons. The summed E-state index contributed by atoms with van der Waals surface area (Å²) < 4.78 is 39.4. The van der Waals surface area contributed by atoms with Gasteiger partial charge in [-0.3, -0.25) is 9.89 Å². The van der Waals surface area contributed by atoms with Crippen LogP contribution < -0.4 is 5.32 Å². The first kappa shape index (κ1) is 13.2. The normalized spacial score (nSPS) is 10.8. The number of benzene rings is 2. The Morgan fingerprint density at radius 2 is 1.90 bits per heavy atom. The van der Waals surface area contributed by atoms with E-state index in [4.69, 9.17) is 0 Å².